The number of carbonyl (C=O) groups is 1. The molecule has 0 spiro atoms. The smallest absolute Gasteiger partial charge is 0.411 e. The maximum Gasteiger partial charge on any atom is 0.411 e. The van der Waals surface area contributed by atoms with Crippen LogP contribution in [0.3, 0.4) is 0 Å². The van der Waals surface area contributed by atoms with Crippen molar-refractivity contribution in [1.82, 2.24) is 4.65 Å². The number of carbonyl (C=O) groups excluding carboxylic acids is 1. The number of ether oxygens (including phenoxy) is 2. The summed E-state index contributed by atoms with van der Waals surface area (Å²) in [6.07, 6.45) is 3.33. The first-order valence-corrected chi connectivity index (χ1v) is 9.63. The molecule has 1 amide bonds. The Bertz CT molecular complexity index is 832. The molecule has 1 aliphatic rings. The van der Waals surface area contributed by atoms with Crippen LogP contribution in [0.2, 0.25) is 0 Å². The Morgan fingerprint density at radius 2 is 1.93 bits per heavy atom. The molecule has 0 aromatic heterocycles. The maximum absolute atomic E-state index is 13.1. The number of aliphatic hydroxyl groups excluding tert-OH is 1. The van der Waals surface area contributed by atoms with E-state index in [0.29, 0.717) is 44.1 Å². The topological polar surface area (TPSA) is 90.9 Å². The van der Waals surface area contributed by atoms with Crippen LogP contribution in [0.1, 0.15) is 11.1 Å². The molecular weight excluding hydrogens is 372 g/mol. The molecule has 7 heteroatoms. The lowest BCUT2D eigenvalue weighted by Crippen LogP contribution is -2.51. The number of nitrogens with zero attached hydrogens (tertiary/aromatic N) is 1. The Hall–Kier alpha value is -2.71. The van der Waals surface area contributed by atoms with Gasteiger partial charge in [-0.25, -0.2) is 4.79 Å². The van der Waals surface area contributed by atoms with Crippen LogP contribution < -0.4 is 9.96 Å². The van der Waals surface area contributed by atoms with Crippen molar-refractivity contribution < 1.29 is 19.4 Å². The van der Waals surface area contributed by atoms with E-state index in [4.69, 9.17) is 14.6 Å². The molecule has 2 aromatic rings. The van der Waals surface area contributed by atoms with E-state index in [0.717, 1.165) is 11.1 Å². The van der Waals surface area contributed by atoms with Crippen LogP contribution in [0.5, 0.6) is 0 Å². The van der Waals surface area contributed by atoms with Crippen molar-refractivity contribution in [3.63, 3.8) is 0 Å². The predicted octanol–water partition coefficient (Wildman–Crippen LogP) is 3.36. The molecule has 2 aromatic carbocycles. The van der Waals surface area contributed by atoms with E-state index in [-0.39, 0.29) is 13.2 Å². The van der Waals surface area contributed by atoms with Gasteiger partial charge in [-0.15, -0.1) is 0 Å². The highest BCUT2D eigenvalue weighted by Gasteiger charge is 2.25. The van der Waals surface area contributed by atoms with Crippen LogP contribution in [0.15, 0.2) is 60.7 Å². The van der Waals surface area contributed by atoms with Gasteiger partial charge in [0.15, 0.2) is 0 Å². The lowest BCUT2D eigenvalue weighted by molar-refractivity contribution is 0.0615. The van der Waals surface area contributed by atoms with Gasteiger partial charge in [-0.1, -0.05) is 42.5 Å². The predicted molar refractivity (Wildman–Crippen MR) is 112 cm³/mol. The lowest BCUT2D eigenvalue weighted by atomic mass is 10.1. The normalized spacial score (nSPS) is 15.9. The van der Waals surface area contributed by atoms with Crippen molar-refractivity contribution in [3.8, 4) is 0 Å². The summed E-state index contributed by atoms with van der Waals surface area (Å²) in [7, 11) is 0. The van der Waals surface area contributed by atoms with E-state index in [1.807, 2.05) is 36.4 Å². The molecule has 7 nitrogen and oxygen atoms in total. The number of benzene rings is 2. The summed E-state index contributed by atoms with van der Waals surface area (Å²) in [5.74, 6) is 0. The van der Waals surface area contributed by atoms with Gasteiger partial charge in [0.1, 0.15) is 25.4 Å². The number of hydrogen-bond donors (Lipinski definition) is 2. The lowest BCUT2D eigenvalue weighted by Gasteiger charge is -2.44. The molecule has 3 rings (SSSR count). The van der Waals surface area contributed by atoms with Crippen molar-refractivity contribution in [1.29, 1.82) is 0 Å². The first kappa shape index (κ1) is 21.0. The summed E-state index contributed by atoms with van der Waals surface area (Å²) in [4.78, 5) is 12.2. The average Bonchev–Trinajstić information content (AvgIpc) is 2.75. The van der Waals surface area contributed by atoms with Gasteiger partial charge in [0, 0.05) is 17.8 Å². The van der Waals surface area contributed by atoms with Crippen molar-refractivity contribution in [2.24, 2.45) is 0 Å². The maximum atomic E-state index is 13.1. The summed E-state index contributed by atoms with van der Waals surface area (Å²) < 4.78 is 10.1. The standard InChI is InChI=1S/C22H26N2O5/c25-13-5-4-8-19-16-20(24(27)11-14-28-15-12-24)9-10-21(19)23-22(26)29-17-18-6-2-1-3-7-18/h1-7,9-10,16,25H,8,11-15,17H2,(H,23,26)/b5-4-. The molecule has 1 fully saturated rings. The molecule has 0 radical (unpaired) electrons. The molecule has 154 valence electrons. The minimum Gasteiger partial charge on any atom is -0.627 e. The van der Waals surface area contributed by atoms with Crippen molar-refractivity contribution in [3.05, 3.63) is 77.0 Å². The third-order valence-corrected chi connectivity index (χ3v) is 4.81. The van der Waals surface area contributed by atoms with Gasteiger partial charge in [0.2, 0.25) is 0 Å². The molecule has 29 heavy (non-hydrogen) atoms. The molecule has 0 unspecified atom stereocenters. The Labute approximate surface area is 170 Å². The molecule has 2 N–H and O–H groups in total. The van der Waals surface area contributed by atoms with Gasteiger partial charge < -0.3 is 24.4 Å². The fourth-order valence-corrected chi connectivity index (χ4v) is 3.17. The fourth-order valence-electron chi connectivity index (χ4n) is 3.17. The highest BCUT2D eigenvalue weighted by molar-refractivity contribution is 5.86. The summed E-state index contributed by atoms with van der Waals surface area (Å²) in [6.45, 7) is 1.67. The minimum atomic E-state index is -0.564. The van der Waals surface area contributed by atoms with E-state index in [9.17, 15) is 10.0 Å². The number of hydrogen-bond acceptors (Lipinski definition) is 5. The minimum absolute atomic E-state index is 0.0690. The van der Waals surface area contributed by atoms with Gasteiger partial charge in [-0.2, -0.15) is 0 Å². The zero-order valence-electron chi connectivity index (χ0n) is 16.3. The second kappa shape index (κ2) is 10.2. The van der Waals surface area contributed by atoms with Crippen LogP contribution in [0, 0.1) is 5.21 Å². The van der Waals surface area contributed by atoms with Crippen molar-refractivity contribution in [2.75, 3.05) is 38.2 Å². The van der Waals surface area contributed by atoms with Gasteiger partial charge in [-0.05, 0) is 23.6 Å². The number of morpholine rings is 1. The third-order valence-electron chi connectivity index (χ3n) is 4.81. The molecule has 1 heterocycles. The summed E-state index contributed by atoms with van der Waals surface area (Å²) >= 11 is 0. The number of hydroxylamine groups is 2. The van der Waals surface area contributed by atoms with Crippen molar-refractivity contribution in [2.45, 2.75) is 13.0 Å². The van der Waals surface area contributed by atoms with Crippen LogP contribution in [0.25, 0.3) is 0 Å². The van der Waals surface area contributed by atoms with Gasteiger partial charge in [0.05, 0.1) is 19.8 Å². The number of allylic oxidation sites excluding steroid dienone is 1. The van der Waals surface area contributed by atoms with Gasteiger partial charge in [0.25, 0.3) is 0 Å². The number of rotatable bonds is 7. The van der Waals surface area contributed by atoms with E-state index in [2.05, 4.69) is 5.32 Å². The fraction of sp³-hybridized carbons (Fsp3) is 0.318. The highest BCUT2D eigenvalue weighted by atomic mass is 16.6. The SMILES string of the molecule is O=C(Nc1ccc([N+]2([O-])CCOCC2)cc1C/C=C\CO)OCc1ccccc1. The molecule has 0 saturated carbocycles. The Kier molecular flexibility index (Phi) is 7.37. The molecule has 0 atom stereocenters. The first-order chi connectivity index (χ1) is 14.1. The summed E-state index contributed by atoms with van der Waals surface area (Å²) in [6, 6.07) is 14.7. The zero-order valence-corrected chi connectivity index (χ0v) is 16.3. The van der Waals surface area contributed by atoms with Crippen LogP contribution in [0.4, 0.5) is 16.2 Å². The molecule has 1 saturated heterocycles. The van der Waals surface area contributed by atoms with E-state index in [1.165, 1.54) is 0 Å². The molecule has 0 bridgehead atoms. The Morgan fingerprint density at radius 1 is 1.17 bits per heavy atom. The molecule has 0 aliphatic carbocycles. The van der Waals surface area contributed by atoms with Gasteiger partial charge >= 0.3 is 6.09 Å². The second-order valence-electron chi connectivity index (χ2n) is 6.84. The number of nitrogens with one attached hydrogen (secondary N) is 1. The number of aliphatic hydroxyl groups is 1. The largest absolute Gasteiger partial charge is 0.627 e. The number of anilines is 1. The zero-order chi connectivity index (χ0) is 20.5. The highest BCUT2D eigenvalue weighted by Crippen LogP contribution is 2.29. The third kappa shape index (κ3) is 5.88. The monoisotopic (exact) mass is 398 g/mol. The molecule has 1 aliphatic heterocycles. The summed E-state index contributed by atoms with van der Waals surface area (Å²) in [5, 5.41) is 24.8. The number of amides is 1. The molecular formula is C22H26N2O5. The quantitative estimate of drug-likeness (QED) is 0.424. The van der Waals surface area contributed by atoms with E-state index >= 15 is 0 Å². The van der Waals surface area contributed by atoms with Crippen LogP contribution in [-0.4, -0.2) is 44.1 Å². The Morgan fingerprint density at radius 3 is 2.66 bits per heavy atom. The Balaban J connectivity index is 1.73. The van der Waals surface area contributed by atoms with Crippen LogP contribution >= 0.6 is 0 Å². The van der Waals surface area contributed by atoms with Crippen LogP contribution in [-0.2, 0) is 22.5 Å². The van der Waals surface area contributed by atoms with E-state index < -0.39 is 10.7 Å². The first-order valence-electron chi connectivity index (χ1n) is 9.63. The van der Waals surface area contributed by atoms with Gasteiger partial charge in [-0.3, -0.25) is 5.32 Å². The van der Waals surface area contributed by atoms with Crippen molar-refractivity contribution >= 4 is 17.5 Å². The number of quaternary nitrogens is 1. The average molecular weight is 398 g/mol. The summed E-state index contributed by atoms with van der Waals surface area (Å²) in [5.41, 5.74) is 2.89. The second-order valence-corrected chi connectivity index (χ2v) is 6.84. The van der Waals surface area contributed by atoms with E-state index in [1.54, 1.807) is 24.3 Å².